The van der Waals surface area contributed by atoms with Gasteiger partial charge >= 0.3 is 0 Å². The van der Waals surface area contributed by atoms with E-state index in [1.54, 1.807) is 7.11 Å². The van der Waals surface area contributed by atoms with Crippen molar-refractivity contribution >= 4 is 5.91 Å². The van der Waals surface area contributed by atoms with Gasteiger partial charge in [0.25, 0.3) is 0 Å². The van der Waals surface area contributed by atoms with Crippen molar-refractivity contribution in [3.05, 3.63) is 30.2 Å². The summed E-state index contributed by atoms with van der Waals surface area (Å²) < 4.78 is 11.0. The lowest BCUT2D eigenvalue weighted by molar-refractivity contribution is -0.146. The van der Waals surface area contributed by atoms with Crippen molar-refractivity contribution in [2.75, 3.05) is 13.7 Å². The van der Waals surface area contributed by atoms with Crippen molar-refractivity contribution in [2.24, 2.45) is 23.2 Å². The highest BCUT2D eigenvalue weighted by Crippen LogP contribution is 2.60. The van der Waals surface area contributed by atoms with E-state index in [2.05, 4.69) is 15.5 Å². The minimum absolute atomic E-state index is 0.102. The molecule has 0 radical (unpaired) electrons. The number of ether oxygens (including phenoxy) is 1. The average molecular weight is 381 g/mol. The Kier molecular flexibility index (Phi) is 4.37. The fourth-order valence-electron chi connectivity index (χ4n) is 6.09. The van der Waals surface area contributed by atoms with E-state index in [0.29, 0.717) is 24.7 Å². The van der Waals surface area contributed by atoms with E-state index in [1.165, 1.54) is 19.3 Å². The molecule has 6 rings (SSSR count). The van der Waals surface area contributed by atoms with Crippen molar-refractivity contribution in [1.29, 1.82) is 0 Å². The molecule has 0 saturated heterocycles. The molecule has 0 atom stereocenters. The summed E-state index contributed by atoms with van der Waals surface area (Å²) in [6, 6.07) is 7.55. The van der Waals surface area contributed by atoms with Crippen LogP contribution in [0.4, 0.5) is 0 Å². The van der Waals surface area contributed by atoms with Gasteiger partial charge in [-0.1, -0.05) is 6.07 Å². The molecule has 1 N–H and O–H groups in total. The molecule has 1 amide bonds. The molecule has 4 bridgehead atoms. The van der Waals surface area contributed by atoms with Crippen LogP contribution in [0.1, 0.15) is 44.4 Å². The number of carbonyl (C=O) groups is 1. The fraction of sp³-hybridized carbons (Fsp3) is 0.591. The summed E-state index contributed by atoms with van der Waals surface area (Å²) >= 11 is 0. The van der Waals surface area contributed by atoms with E-state index in [-0.39, 0.29) is 11.3 Å². The number of aromatic nitrogens is 2. The summed E-state index contributed by atoms with van der Waals surface area (Å²) in [5.74, 6) is 4.35. The zero-order valence-electron chi connectivity index (χ0n) is 16.3. The van der Waals surface area contributed by atoms with Crippen LogP contribution in [0.25, 0.3) is 11.5 Å². The molecule has 4 aliphatic rings. The van der Waals surface area contributed by atoms with E-state index in [4.69, 9.17) is 9.15 Å². The van der Waals surface area contributed by atoms with Crippen molar-refractivity contribution in [3.8, 4) is 17.2 Å². The number of rotatable bonds is 6. The van der Waals surface area contributed by atoms with Crippen LogP contribution in [0.15, 0.2) is 28.7 Å². The Bertz CT molecular complexity index is 840. The number of carbonyl (C=O) groups excluding carboxylic acids is 1. The number of nitrogens with one attached hydrogen (secondary N) is 1. The molecule has 1 heterocycles. The van der Waals surface area contributed by atoms with Gasteiger partial charge in [0.2, 0.25) is 17.7 Å². The lowest BCUT2D eigenvalue weighted by atomic mass is 9.49. The molecule has 0 aliphatic heterocycles. The van der Waals surface area contributed by atoms with Crippen molar-refractivity contribution in [3.63, 3.8) is 0 Å². The maximum absolute atomic E-state index is 13.0. The van der Waals surface area contributed by atoms with Crippen LogP contribution < -0.4 is 10.1 Å². The van der Waals surface area contributed by atoms with Crippen molar-refractivity contribution in [1.82, 2.24) is 15.5 Å². The third-order valence-corrected chi connectivity index (χ3v) is 6.93. The second kappa shape index (κ2) is 6.90. The fourth-order valence-corrected chi connectivity index (χ4v) is 6.09. The normalized spacial score (nSPS) is 30.4. The summed E-state index contributed by atoms with van der Waals surface area (Å²) in [7, 11) is 1.63. The first-order valence-electron chi connectivity index (χ1n) is 10.4. The van der Waals surface area contributed by atoms with Crippen molar-refractivity contribution < 1.29 is 13.9 Å². The summed E-state index contributed by atoms with van der Waals surface area (Å²) in [5, 5.41) is 11.4. The molecule has 6 nitrogen and oxygen atoms in total. The van der Waals surface area contributed by atoms with Crippen LogP contribution in [0, 0.1) is 23.2 Å². The first-order chi connectivity index (χ1) is 13.6. The number of methoxy groups -OCH3 is 1. The molecule has 0 unspecified atom stereocenters. The molecule has 28 heavy (non-hydrogen) atoms. The minimum Gasteiger partial charge on any atom is -0.497 e. The molecule has 2 aromatic rings. The molecule has 1 aromatic heterocycles. The number of hydrogen-bond acceptors (Lipinski definition) is 5. The largest absolute Gasteiger partial charge is 0.497 e. The summed E-state index contributed by atoms with van der Waals surface area (Å²) in [5.41, 5.74) is 0.728. The Morgan fingerprint density at radius 3 is 2.57 bits per heavy atom. The minimum atomic E-state index is -0.102. The molecule has 148 valence electrons. The number of hydrogen-bond donors (Lipinski definition) is 1. The Balaban J connectivity index is 1.19. The Hall–Kier alpha value is -2.37. The molecule has 4 saturated carbocycles. The van der Waals surface area contributed by atoms with Crippen LogP contribution in [0.5, 0.6) is 5.75 Å². The predicted octanol–water partition coefficient (Wildman–Crippen LogP) is 3.62. The monoisotopic (exact) mass is 381 g/mol. The van der Waals surface area contributed by atoms with E-state index < -0.39 is 0 Å². The van der Waals surface area contributed by atoms with Gasteiger partial charge in [-0.25, -0.2) is 0 Å². The quantitative estimate of drug-likeness (QED) is 0.827. The smallest absolute Gasteiger partial charge is 0.247 e. The molecular formula is C22H27N3O3. The third-order valence-electron chi connectivity index (χ3n) is 6.93. The van der Waals surface area contributed by atoms with E-state index in [9.17, 15) is 4.79 Å². The molecule has 4 aliphatic carbocycles. The maximum atomic E-state index is 13.0. The van der Waals surface area contributed by atoms with Crippen LogP contribution in [-0.2, 0) is 11.2 Å². The first kappa shape index (κ1) is 17.7. The Morgan fingerprint density at radius 2 is 1.89 bits per heavy atom. The van der Waals surface area contributed by atoms with Gasteiger partial charge in [0.15, 0.2) is 0 Å². The number of amides is 1. The summed E-state index contributed by atoms with van der Waals surface area (Å²) in [4.78, 5) is 13.0. The number of benzene rings is 1. The third kappa shape index (κ3) is 3.19. The molecule has 0 spiro atoms. The lowest BCUT2D eigenvalue weighted by Crippen LogP contribution is -2.53. The summed E-state index contributed by atoms with van der Waals surface area (Å²) in [6.45, 7) is 0.542. The molecule has 1 aromatic carbocycles. The predicted molar refractivity (Wildman–Crippen MR) is 104 cm³/mol. The molecule has 6 heteroatoms. The van der Waals surface area contributed by atoms with E-state index in [1.807, 2.05) is 24.3 Å². The van der Waals surface area contributed by atoms with Crippen LogP contribution >= 0.6 is 0 Å². The summed E-state index contributed by atoms with van der Waals surface area (Å²) in [6.07, 6.45) is 7.86. The van der Waals surface area contributed by atoms with Gasteiger partial charge in [0.05, 0.1) is 7.11 Å². The van der Waals surface area contributed by atoms with E-state index in [0.717, 1.165) is 48.3 Å². The second-order valence-electron chi connectivity index (χ2n) is 8.94. The van der Waals surface area contributed by atoms with Crippen LogP contribution in [-0.4, -0.2) is 29.8 Å². The SMILES string of the molecule is COc1cccc(-c2nnc(CCNC(=O)C34CC5CC(CC(C5)C3)C4)o2)c1. The van der Waals surface area contributed by atoms with Gasteiger partial charge in [0.1, 0.15) is 5.75 Å². The Labute approximate surface area is 165 Å². The van der Waals surface area contributed by atoms with Gasteiger partial charge < -0.3 is 14.5 Å². The first-order valence-corrected chi connectivity index (χ1v) is 10.4. The average Bonchev–Trinajstić information content (AvgIpc) is 3.16. The zero-order valence-corrected chi connectivity index (χ0v) is 16.3. The highest BCUT2D eigenvalue weighted by Gasteiger charge is 2.54. The standard InChI is InChI=1S/C22H27N3O3/c1-27-18-4-2-3-17(10-18)20-25-24-19(28-20)5-6-23-21(26)22-11-14-7-15(12-22)9-16(8-14)13-22/h2-4,10,14-16H,5-9,11-13H2,1H3,(H,23,26). The van der Waals surface area contributed by atoms with Gasteiger partial charge in [-0.15, -0.1) is 10.2 Å². The molecule has 4 fully saturated rings. The van der Waals surface area contributed by atoms with Crippen molar-refractivity contribution in [2.45, 2.75) is 44.9 Å². The lowest BCUT2D eigenvalue weighted by Gasteiger charge is -2.55. The number of nitrogens with zero attached hydrogens (tertiary/aromatic N) is 2. The molecular weight excluding hydrogens is 354 g/mol. The van der Waals surface area contributed by atoms with Gasteiger partial charge in [-0.3, -0.25) is 4.79 Å². The van der Waals surface area contributed by atoms with Crippen LogP contribution in [0.3, 0.4) is 0 Å². The highest BCUT2D eigenvalue weighted by atomic mass is 16.5. The van der Waals surface area contributed by atoms with Gasteiger partial charge in [-0.2, -0.15) is 0 Å². The second-order valence-corrected chi connectivity index (χ2v) is 8.94. The van der Waals surface area contributed by atoms with Gasteiger partial charge in [0, 0.05) is 23.9 Å². The van der Waals surface area contributed by atoms with Crippen LogP contribution in [0.2, 0.25) is 0 Å². The van der Waals surface area contributed by atoms with E-state index >= 15 is 0 Å². The Morgan fingerprint density at radius 1 is 1.18 bits per heavy atom. The topological polar surface area (TPSA) is 77.3 Å². The zero-order chi connectivity index (χ0) is 19.1. The maximum Gasteiger partial charge on any atom is 0.247 e. The highest BCUT2D eigenvalue weighted by molar-refractivity contribution is 5.83. The van der Waals surface area contributed by atoms with Gasteiger partial charge in [-0.05, 0) is 74.5 Å².